The zero-order chi connectivity index (χ0) is 12.3. The van der Waals surface area contributed by atoms with E-state index in [9.17, 15) is 0 Å². The minimum Gasteiger partial charge on any atom is -0.369 e. The maximum Gasteiger partial charge on any atom is 0.254 e. The first kappa shape index (κ1) is 12.1. The lowest BCUT2D eigenvalue weighted by molar-refractivity contribution is 0.339. The van der Waals surface area contributed by atoms with Gasteiger partial charge in [0.25, 0.3) is 5.95 Å². The number of aromatic nitrogens is 2. The van der Waals surface area contributed by atoms with Crippen LogP contribution in [-0.4, -0.2) is 33.9 Å². The molecule has 0 aromatic carbocycles. The van der Waals surface area contributed by atoms with Crippen molar-refractivity contribution in [3.63, 3.8) is 0 Å². The Balaban J connectivity index is 2.16. The number of aliphatic imine (C=N–C) groups is 1. The Labute approximate surface area is 106 Å². The van der Waals surface area contributed by atoms with Crippen LogP contribution in [0.2, 0.25) is 5.15 Å². The lowest BCUT2D eigenvalue weighted by atomic mass is 10.1. The molecule has 0 bridgehead atoms. The monoisotopic (exact) mass is 253 g/mol. The molecular weight excluding hydrogens is 238 g/mol. The molecule has 0 saturated carbocycles. The number of piperidine rings is 1. The predicted octanol–water partition coefficient (Wildman–Crippen LogP) is 1.87. The second-order valence-electron chi connectivity index (χ2n) is 4.15. The zero-order valence-electron chi connectivity index (χ0n) is 9.86. The lowest BCUT2D eigenvalue weighted by Crippen LogP contribution is -2.40. The van der Waals surface area contributed by atoms with Crippen LogP contribution in [0.4, 0.5) is 5.95 Å². The Morgan fingerprint density at radius 2 is 2.06 bits per heavy atom. The van der Waals surface area contributed by atoms with Crippen LogP contribution in [0.5, 0.6) is 0 Å². The molecule has 92 valence electrons. The van der Waals surface area contributed by atoms with Gasteiger partial charge in [-0.05, 0) is 32.3 Å². The van der Waals surface area contributed by atoms with Crippen molar-refractivity contribution in [3.05, 3.63) is 16.9 Å². The summed E-state index contributed by atoms with van der Waals surface area (Å²) in [4.78, 5) is 14.5. The molecule has 0 atom stereocenters. The molecule has 2 N–H and O–H groups in total. The fourth-order valence-corrected chi connectivity index (χ4v) is 2.09. The number of rotatable bonds is 1. The molecule has 0 radical (unpaired) electrons. The van der Waals surface area contributed by atoms with Crippen molar-refractivity contribution in [2.45, 2.75) is 26.2 Å². The second-order valence-corrected chi connectivity index (χ2v) is 4.54. The Morgan fingerprint density at radius 3 is 2.71 bits per heavy atom. The zero-order valence-corrected chi connectivity index (χ0v) is 10.6. The van der Waals surface area contributed by atoms with E-state index >= 15 is 0 Å². The summed E-state index contributed by atoms with van der Waals surface area (Å²) in [6, 6.07) is 1.69. The van der Waals surface area contributed by atoms with Gasteiger partial charge in [0.05, 0.1) is 0 Å². The van der Waals surface area contributed by atoms with Gasteiger partial charge in [-0.25, -0.2) is 4.98 Å². The summed E-state index contributed by atoms with van der Waals surface area (Å²) in [5.74, 6) is 0.810. The molecular formula is C11H16ClN5. The Morgan fingerprint density at radius 1 is 1.35 bits per heavy atom. The summed E-state index contributed by atoms with van der Waals surface area (Å²) >= 11 is 5.84. The van der Waals surface area contributed by atoms with Crippen LogP contribution in [0.25, 0.3) is 0 Å². The predicted molar refractivity (Wildman–Crippen MR) is 68.5 cm³/mol. The highest BCUT2D eigenvalue weighted by molar-refractivity contribution is 6.29. The highest BCUT2D eigenvalue weighted by atomic mass is 35.5. The number of hydrogen-bond donors (Lipinski definition) is 1. The SMILES string of the molecule is Cc1cc(Cl)nc(N=C(N)N2CCCCC2)n1. The number of guanidine groups is 1. The van der Waals surface area contributed by atoms with Crippen molar-refractivity contribution < 1.29 is 0 Å². The van der Waals surface area contributed by atoms with E-state index in [4.69, 9.17) is 17.3 Å². The summed E-state index contributed by atoms with van der Waals surface area (Å²) < 4.78 is 0. The number of likely N-dealkylation sites (tertiary alicyclic amines) is 1. The van der Waals surface area contributed by atoms with E-state index in [1.165, 1.54) is 6.42 Å². The molecule has 2 rings (SSSR count). The number of hydrogen-bond acceptors (Lipinski definition) is 3. The molecule has 0 amide bonds. The van der Waals surface area contributed by atoms with Crippen LogP contribution in [0.1, 0.15) is 25.0 Å². The summed E-state index contributed by atoms with van der Waals surface area (Å²) in [7, 11) is 0. The minimum atomic E-state index is 0.332. The maximum atomic E-state index is 5.93. The van der Waals surface area contributed by atoms with Gasteiger partial charge in [-0.15, -0.1) is 0 Å². The normalized spacial score (nSPS) is 17.3. The first-order valence-electron chi connectivity index (χ1n) is 5.75. The van der Waals surface area contributed by atoms with Gasteiger partial charge >= 0.3 is 0 Å². The van der Waals surface area contributed by atoms with E-state index in [1.807, 2.05) is 6.92 Å². The Bertz CT molecular complexity index is 406. The van der Waals surface area contributed by atoms with Crippen LogP contribution in [0.15, 0.2) is 11.1 Å². The van der Waals surface area contributed by atoms with E-state index in [0.29, 0.717) is 17.1 Å². The maximum absolute atomic E-state index is 5.93. The summed E-state index contributed by atoms with van der Waals surface area (Å²) in [5, 5.41) is 0.391. The lowest BCUT2D eigenvalue weighted by Gasteiger charge is -2.27. The summed E-state index contributed by atoms with van der Waals surface area (Å²) in [5.41, 5.74) is 6.72. The fraction of sp³-hybridized carbons (Fsp3) is 0.545. The largest absolute Gasteiger partial charge is 0.369 e. The van der Waals surface area contributed by atoms with Gasteiger partial charge in [0.15, 0.2) is 5.96 Å². The Kier molecular flexibility index (Phi) is 3.78. The molecule has 0 unspecified atom stereocenters. The van der Waals surface area contributed by atoms with Crippen LogP contribution in [-0.2, 0) is 0 Å². The molecule has 1 aliphatic rings. The highest BCUT2D eigenvalue weighted by Gasteiger charge is 2.12. The number of halogens is 1. The van der Waals surface area contributed by atoms with Gasteiger partial charge in [-0.3, -0.25) is 0 Å². The standard InChI is InChI=1S/C11H16ClN5/c1-8-7-9(12)15-11(14-8)16-10(13)17-5-3-2-4-6-17/h7H,2-6H2,1H3,(H2,13,14,15,16). The molecule has 5 nitrogen and oxygen atoms in total. The molecule has 1 aromatic heterocycles. The topological polar surface area (TPSA) is 67.4 Å². The van der Waals surface area contributed by atoms with Crippen molar-refractivity contribution in [2.75, 3.05) is 13.1 Å². The average molecular weight is 254 g/mol. The van der Waals surface area contributed by atoms with Gasteiger partial charge in [0.1, 0.15) is 5.15 Å². The van der Waals surface area contributed by atoms with Crippen molar-refractivity contribution in [2.24, 2.45) is 10.7 Å². The third kappa shape index (κ3) is 3.30. The van der Waals surface area contributed by atoms with E-state index in [-0.39, 0.29) is 0 Å². The third-order valence-corrected chi connectivity index (χ3v) is 2.90. The molecule has 2 heterocycles. The van der Waals surface area contributed by atoms with Crippen molar-refractivity contribution in [1.29, 1.82) is 0 Å². The molecule has 6 heteroatoms. The van der Waals surface area contributed by atoms with Crippen LogP contribution in [0.3, 0.4) is 0 Å². The van der Waals surface area contributed by atoms with Crippen LogP contribution < -0.4 is 5.73 Å². The van der Waals surface area contributed by atoms with Gasteiger partial charge in [0.2, 0.25) is 0 Å². The van der Waals surface area contributed by atoms with Crippen LogP contribution >= 0.6 is 11.6 Å². The molecule has 1 fully saturated rings. The Hall–Kier alpha value is -1.36. The molecule has 1 saturated heterocycles. The van der Waals surface area contributed by atoms with Gasteiger partial charge in [-0.1, -0.05) is 11.6 Å². The van der Waals surface area contributed by atoms with Gasteiger partial charge in [0, 0.05) is 18.8 Å². The number of aryl methyl sites for hydroxylation is 1. The second kappa shape index (κ2) is 5.31. The quantitative estimate of drug-likeness (QED) is 0.471. The molecule has 17 heavy (non-hydrogen) atoms. The highest BCUT2D eigenvalue weighted by Crippen LogP contribution is 2.13. The number of nitrogens with two attached hydrogens (primary N) is 1. The van der Waals surface area contributed by atoms with Crippen molar-refractivity contribution in [1.82, 2.24) is 14.9 Å². The summed E-state index contributed by atoms with van der Waals surface area (Å²) in [6.45, 7) is 3.76. The van der Waals surface area contributed by atoms with Gasteiger partial charge in [-0.2, -0.15) is 9.98 Å². The first-order chi connectivity index (χ1) is 8.15. The smallest absolute Gasteiger partial charge is 0.254 e. The summed E-state index contributed by atoms with van der Waals surface area (Å²) in [6.07, 6.45) is 3.58. The fourth-order valence-electron chi connectivity index (χ4n) is 1.86. The third-order valence-electron chi connectivity index (χ3n) is 2.71. The molecule has 0 spiro atoms. The van der Waals surface area contributed by atoms with E-state index in [2.05, 4.69) is 19.9 Å². The average Bonchev–Trinajstić information content (AvgIpc) is 2.28. The van der Waals surface area contributed by atoms with Gasteiger partial charge < -0.3 is 10.6 Å². The molecule has 0 aliphatic carbocycles. The first-order valence-corrected chi connectivity index (χ1v) is 6.13. The molecule has 1 aromatic rings. The van der Waals surface area contributed by atoms with Crippen molar-refractivity contribution in [3.8, 4) is 0 Å². The van der Waals surface area contributed by atoms with Crippen molar-refractivity contribution >= 4 is 23.5 Å². The van der Waals surface area contributed by atoms with Crippen LogP contribution in [0, 0.1) is 6.92 Å². The minimum absolute atomic E-state index is 0.332. The number of nitrogens with zero attached hydrogens (tertiary/aromatic N) is 4. The van der Waals surface area contributed by atoms with E-state index in [1.54, 1.807) is 6.07 Å². The van der Waals surface area contributed by atoms with E-state index in [0.717, 1.165) is 31.6 Å². The molecule has 1 aliphatic heterocycles. The van der Waals surface area contributed by atoms with E-state index < -0.39 is 0 Å².